The Hall–Kier alpha value is -2.31. The molecule has 0 bridgehead atoms. The second-order valence-corrected chi connectivity index (χ2v) is 6.70. The Kier molecular flexibility index (Phi) is 6.30. The van der Waals surface area contributed by atoms with Crippen LogP contribution in [0.3, 0.4) is 0 Å². The topological polar surface area (TPSA) is 39.1 Å². The first kappa shape index (κ1) is 18.5. The number of aromatic nitrogens is 2. The van der Waals surface area contributed by atoms with E-state index >= 15 is 0 Å². The third-order valence-corrected chi connectivity index (χ3v) is 4.87. The van der Waals surface area contributed by atoms with E-state index in [1.165, 1.54) is 22.6 Å². The van der Waals surface area contributed by atoms with Crippen molar-refractivity contribution in [3.05, 3.63) is 66.1 Å². The number of nitrogens with one attached hydrogen (secondary N) is 1. The number of methoxy groups -OCH3 is 1. The highest BCUT2D eigenvalue weighted by atomic mass is 32.2. The lowest BCUT2D eigenvalue weighted by Crippen LogP contribution is -2.11. The van der Waals surface area contributed by atoms with Gasteiger partial charge in [-0.1, -0.05) is 12.1 Å². The van der Waals surface area contributed by atoms with Crippen LogP contribution in [0.1, 0.15) is 5.56 Å². The monoisotopic (exact) mass is 371 g/mol. The molecular formula is C20H22FN3OS. The van der Waals surface area contributed by atoms with Crippen LogP contribution in [-0.4, -0.2) is 29.5 Å². The van der Waals surface area contributed by atoms with Crippen LogP contribution in [0.25, 0.3) is 11.3 Å². The molecule has 1 aromatic heterocycles. The number of halogens is 1. The summed E-state index contributed by atoms with van der Waals surface area (Å²) < 4.78 is 20.5. The summed E-state index contributed by atoms with van der Waals surface area (Å²) in [6.45, 7) is 1.92. The zero-order valence-corrected chi connectivity index (χ0v) is 15.7. The Labute approximate surface area is 157 Å². The molecule has 0 radical (unpaired) electrons. The van der Waals surface area contributed by atoms with Crippen molar-refractivity contribution in [3.8, 4) is 11.3 Å². The number of hydrogen-bond donors (Lipinski definition) is 1. The number of ether oxygens (including phenoxy) is 1. The molecule has 0 atom stereocenters. The summed E-state index contributed by atoms with van der Waals surface area (Å²) in [7, 11) is 1.68. The second kappa shape index (κ2) is 8.87. The number of thioether (sulfide) groups is 1. The van der Waals surface area contributed by atoms with E-state index in [0.717, 1.165) is 17.2 Å². The third kappa shape index (κ3) is 4.45. The molecule has 0 spiro atoms. The number of anilines is 1. The molecule has 3 aromatic rings. The number of nitrogens with zero attached hydrogens (tertiary/aromatic N) is 2. The number of rotatable bonds is 8. The maximum Gasteiger partial charge on any atom is 0.203 e. The van der Waals surface area contributed by atoms with Gasteiger partial charge >= 0.3 is 0 Å². The molecule has 0 saturated heterocycles. The molecule has 1 heterocycles. The highest BCUT2D eigenvalue weighted by Gasteiger charge is 2.12. The van der Waals surface area contributed by atoms with Crippen LogP contribution >= 0.6 is 11.8 Å². The minimum Gasteiger partial charge on any atom is -0.383 e. The first-order valence-electron chi connectivity index (χ1n) is 8.38. The fourth-order valence-electron chi connectivity index (χ4n) is 2.70. The summed E-state index contributed by atoms with van der Waals surface area (Å²) in [5, 5.41) is 3.39. The largest absolute Gasteiger partial charge is 0.383 e. The molecule has 2 aromatic carbocycles. The van der Waals surface area contributed by atoms with Gasteiger partial charge in [0.15, 0.2) is 0 Å². The molecule has 26 heavy (non-hydrogen) atoms. The lowest BCUT2D eigenvalue weighted by atomic mass is 10.1. The van der Waals surface area contributed by atoms with E-state index in [0.29, 0.717) is 19.7 Å². The number of hydrogen-bond acceptors (Lipinski definition) is 4. The zero-order chi connectivity index (χ0) is 18.4. The molecule has 0 aliphatic carbocycles. The summed E-state index contributed by atoms with van der Waals surface area (Å²) in [5.74, 6) is 0.527. The number of imidazole rings is 1. The van der Waals surface area contributed by atoms with Gasteiger partial charge in [-0.3, -0.25) is 0 Å². The first-order valence-corrected chi connectivity index (χ1v) is 9.61. The quantitative estimate of drug-likeness (QED) is 0.584. The van der Waals surface area contributed by atoms with E-state index in [1.54, 1.807) is 31.0 Å². The maximum atomic E-state index is 13.2. The van der Waals surface area contributed by atoms with Crippen LogP contribution in [0.2, 0.25) is 0 Å². The molecule has 3 rings (SSSR count). The molecule has 4 nitrogen and oxygen atoms in total. The zero-order valence-electron chi connectivity index (χ0n) is 14.9. The van der Waals surface area contributed by atoms with Crippen LogP contribution in [0.5, 0.6) is 0 Å². The predicted octanol–water partition coefficient (Wildman–Crippen LogP) is 4.67. The van der Waals surface area contributed by atoms with Gasteiger partial charge < -0.3 is 14.6 Å². The summed E-state index contributed by atoms with van der Waals surface area (Å²) in [5.41, 5.74) is 3.04. The standard InChI is InChI=1S/C20H22FN3OS/c1-25-12-11-24-19(16-5-7-17(21)8-6-16)14-23-20(24)22-13-15-3-9-18(26-2)10-4-15/h3-10,14H,11-13H2,1-2H3,(H,22,23). The van der Waals surface area contributed by atoms with Crippen molar-refractivity contribution in [1.82, 2.24) is 9.55 Å². The van der Waals surface area contributed by atoms with Gasteiger partial charge in [0, 0.05) is 30.7 Å². The van der Waals surface area contributed by atoms with Gasteiger partial charge in [-0.25, -0.2) is 9.37 Å². The van der Waals surface area contributed by atoms with Crippen molar-refractivity contribution in [2.24, 2.45) is 0 Å². The highest BCUT2D eigenvalue weighted by molar-refractivity contribution is 7.98. The van der Waals surface area contributed by atoms with Gasteiger partial charge in [-0.15, -0.1) is 11.8 Å². The van der Waals surface area contributed by atoms with E-state index in [-0.39, 0.29) is 5.82 Å². The SMILES string of the molecule is COCCn1c(-c2ccc(F)cc2)cnc1NCc1ccc(SC)cc1. The van der Waals surface area contributed by atoms with Gasteiger partial charge in [-0.05, 0) is 48.2 Å². The lowest BCUT2D eigenvalue weighted by molar-refractivity contribution is 0.188. The van der Waals surface area contributed by atoms with Gasteiger partial charge in [0.1, 0.15) is 5.82 Å². The molecule has 0 unspecified atom stereocenters. The maximum absolute atomic E-state index is 13.2. The molecule has 0 aliphatic heterocycles. The van der Waals surface area contributed by atoms with Crippen LogP contribution in [-0.2, 0) is 17.8 Å². The fraction of sp³-hybridized carbons (Fsp3) is 0.250. The van der Waals surface area contributed by atoms with Crippen molar-refractivity contribution in [2.45, 2.75) is 18.0 Å². The Morgan fingerprint density at radius 3 is 2.50 bits per heavy atom. The summed E-state index contributed by atoms with van der Waals surface area (Å²) >= 11 is 1.73. The van der Waals surface area contributed by atoms with E-state index in [4.69, 9.17) is 4.74 Å². The van der Waals surface area contributed by atoms with E-state index in [2.05, 4.69) is 45.4 Å². The van der Waals surface area contributed by atoms with Crippen LogP contribution in [0, 0.1) is 5.82 Å². The van der Waals surface area contributed by atoms with E-state index in [1.807, 2.05) is 6.20 Å². The van der Waals surface area contributed by atoms with Gasteiger partial charge in [0.2, 0.25) is 5.95 Å². The smallest absolute Gasteiger partial charge is 0.203 e. The minimum atomic E-state index is -0.247. The van der Waals surface area contributed by atoms with Crippen molar-refractivity contribution >= 4 is 17.7 Å². The predicted molar refractivity (Wildman–Crippen MR) is 105 cm³/mol. The normalized spacial score (nSPS) is 10.9. The Morgan fingerprint density at radius 1 is 1.12 bits per heavy atom. The first-order chi connectivity index (χ1) is 12.7. The molecule has 136 valence electrons. The van der Waals surface area contributed by atoms with Crippen LogP contribution < -0.4 is 5.32 Å². The molecule has 0 saturated carbocycles. The lowest BCUT2D eigenvalue weighted by Gasteiger charge is -2.13. The Bertz CT molecular complexity index is 831. The Morgan fingerprint density at radius 2 is 1.85 bits per heavy atom. The molecule has 0 aliphatic rings. The molecule has 0 amide bonds. The second-order valence-electron chi connectivity index (χ2n) is 5.82. The average molecular weight is 371 g/mol. The van der Waals surface area contributed by atoms with Crippen LogP contribution in [0.4, 0.5) is 10.3 Å². The van der Waals surface area contributed by atoms with Crippen LogP contribution in [0.15, 0.2) is 59.6 Å². The van der Waals surface area contributed by atoms with E-state index < -0.39 is 0 Å². The van der Waals surface area contributed by atoms with Crippen molar-refractivity contribution < 1.29 is 9.13 Å². The number of benzene rings is 2. The molecule has 1 N–H and O–H groups in total. The average Bonchev–Trinajstić information content (AvgIpc) is 3.08. The van der Waals surface area contributed by atoms with E-state index in [9.17, 15) is 4.39 Å². The summed E-state index contributed by atoms with van der Waals surface area (Å²) in [6.07, 6.45) is 3.87. The van der Waals surface area contributed by atoms with Crippen molar-refractivity contribution in [1.29, 1.82) is 0 Å². The molecule has 0 fully saturated rings. The van der Waals surface area contributed by atoms with Gasteiger partial charge in [0.25, 0.3) is 0 Å². The fourth-order valence-corrected chi connectivity index (χ4v) is 3.11. The molecule has 6 heteroatoms. The van der Waals surface area contributed by atoms with Crippen molar-refractivity contribution in [2.75, 3.05) is 25.3 Å². The minimum absolute atomic E-state index is 0.247. The Balaban J connectivity index is 1.80. The van der Waals surface area contributed by atoms with Gasteiger partial charge in [0.05, 0.1) is 18.5 Å². The third-order valence-electron chi connectivity index (χ3n) is 4.12. The summed E-state index contributed by atoms with van der Waals surface area (Å²) in [6, 6.07) is 14.9. The van der Waals surface area contributed by atoms with Gasteiger partial charge in [-0.2, -0.15) is 0 Å². The highest BCUT2D eigenvalue weighted by Crippen LogP contribution is 2.24. The molecular weight excluding hydrogens is 349 g/mol. The summed E-state index contributed by atoms with van der Waals surface area (Å²) in [4.78, 5) is 5.76. The van der Waals surface area contributed by atoms with Crippen molar-refractivity contribution in [3.63, 3.8) is 0 Å².